The van der Waals surface area contributed by atoms with Crippen molar-refractivity contribution in [2.24, 2.45) is 0 Å². The van der Waals surface area contributed by atoms with Gasteiger partial charge in [-0.3, -0.25) is 4.79 Å². The summed E-state index contributed by atoms with van der Waals surface area (Å²) in [6.07, 6.45) is 1.41. The number of rotatable bonds is 4. The molecule has 1 heterocycles. The fraction of sp³-hybridized carbons (Fsp3) is 0.118. The summed E-state index contributed by atoms with van der Waals surface area (Å²) in [5, 5.41) is 13.8. The van der Waals surface area contributed by atoms with E-state index in [1.54, 1.807) is 42.5 Å². The molecule has 0 radical (unpaired) electrons. The van der Waals surface area contributed by atoms with E-state index >= 15 is 0 Å². The van der Waals surface area contributed by atoms with Gasteiger partial charge in [-0.2, -0.15) is 4.68 Å². The van der Waals surface area contributed by atoms with E-state index < -0.39 is 5.97 Å². The minimum Gasteiger partial charge on any atom is -0.465 e. The van der Waals surface area contributed by atoms with Gasteiger partial charge in [0.05, 0.1) is 23.9 Å². The molecule has 0 unspecified atom stereocenters. The molecule has 8 heteroatoms. The van der Waals surface area contributed by atoms with Crippen LogP contribution < -0.4 is 5.32 Å². The highest BCUT2D eigenvalue weighted by molar-refractivity contribution is 6.07. The molecule has 126 valence electrons. The number of nitrogens with zero attached hydrogens (tertiary/aromatic N) is 4. The number of methoxy groups -OCH3 is 1. The molecule has 0 aliphatic rings. The average molecular weight is 337 g/mol. The Morgan fingerprint density at radius 1 is 1.16 bits per heavy atom. The molecule has 0 bridgehead atoms. The van der Waals surface area contributed by atoms with Gasteiger partial charge in [0.25, 0.3) is 5.91 Å². The van der Waals surface area contributed by atoms with Gasteiger partial charge < -0.3 is 10.1 Å². The number of benzene rings is 2. The third kappa shape index (κ3) is 3.37. The Balaban J connectivity index is 1.93. The van der Waals surface area contributed by atoms with Crippen LogP contribution in [0.1, 0.15) is 26.3 Å². The highest BCUT2D eigenvalue weighted by Crippen LogP contribution is 2.20. The second-order valence-electron chi connectivity index (χ2n) is 5.25. The molecule has 3 rings (SSSR count). The predicted molar refractivity (Wildman–Crippen MR) is 89.6 cm³/mol. The first-order valence-electron chi connectivity index (χ1n) is 7.43. The summed E-state index contributed by atoms with van der Waals surface area (Å²) in [7, 11) is 1.31. The summed E-state index contributed by atoms with van der Waals surface area (Å²) >= 11 is 0. The zero-order valence-corrected chi connectivity index (χ0v) is 13.6. The van der Waals surface area contributed by atoms with Gasteiger partial charge in [-0.15, -0.1) is 5.10 Å². The first-order valence-corrected chi connectivity index (χ1v) is 7.43. The number of ether oxygens (including phenoxy) is 1. The molecule has 3 aromatic rings. The molecule has 1 N–H and O–H groups in total. The minimum absolute atomic E-state index is 0.337. The summed E-state index contributed by atoms with van der Waals surface area (Å²) in [5.41, 5.74) is 2.65. The molecule has 1 aromatic heterocycles. The van der Waals surface area contributed by atoms with Gasteiger partial charge >= 0.3 is 5.97 Å². The van der Waals surface area contributed by atoms with Gasteiger partial charge in [-0.05, 0) is 47.2 Å². The third-order valence-electron chi connectivity index (χ3n) is 3.65. The average Bonchev–Trinajstić information content (AvgIpc) is 3.17. The number of aromatic nitrogens is 4. The van der Waals surface area contributed by atoms with E-state index in [1.807, 2.05) is 6.92 Å². The molecule has 0 aliphatic carbocycles. The Morgan fingerprint density at radius 3 is 2.68 bits per heavy atom. The number of hydrogen-bond acceptors (Lipinski definition) is 6. The van der Waals surface area contributed by atoms with Crippen LogP contribution in [0.3, 0.4) is 0 Å². The molecule has 1 amide bonds. The van der Waals surface area contributed by atoms with E-state index in [9.17, 15) is 9.59 Å². The lowest BCUT2D eigenvalue weighted by Gasteiger charge is -2.12. The molecule has 0 atom stereocenters. The normalized spacial score (nSPS) is 10.3. The second-order valence-corrected chi connectivity index (χ2v) is 5.25. The number of nitrogens with one attached hydrogen (secondary N) is 1. The summed E-state index contributed by atoms with van der Waals surface area (Å²) in [5.74, 6) is -0.805. The molecule has 0 saturated carbocycles. The maximum absolute atomic E-state index is 12.7. The van der Waals surface area contributed by atoms with Gasteiger partial charge in [0, 0.05) is 5.69 Å². The van der Waals surface area contributed by atoms with Crippen molar-refractivity contribution in [3.05, 3.63) is 65.5 Å². The largest absolute Gasteiger partial charge is 0.465 e. The molecule has 0 spiro atoms. The molecular formula is C17H15N5O3. The van der Waals surface area contributed by atoms with E-state index in [0.717, 1.165) is 5.56 Å². The molecule has 25 heavy (non-hydrogen) atoms. The van der Waals surface area contributed by atoms with Gasteiger partial charge in [0.1, 0.15) is 6.33 Å². The number of aryl methyl sites for hydroxylation is 1. The van der Waals surface area contributed by atoms with Crippen molar-refractivity contribution < 1.29 is 14.3 Å². The highest BCUT2D eigenvalue weighted by atomic mass is 16.5. The zero-order valence-electron chi connectivity index (χ0n) is 13.6. The zero-order chi connectivity index (χ0) is 17.8. The summed E-state index contributed by atoms with van der Waals surface area (Å²) < 4.78 is 6.12. The second kappa shape index (κ2) is 6.91. The number of para-hydroxylation sites is 1. The van der Waals surface area contributed by atoms with Gasteiger partial charge in [-0.1, -0.05) is 18.2 Å². The number of carbonyl (C=O) groups is 2. The topological polar surface area (TPSA) is 99.0 Å². The van der Waals surface area contributed by atoms with E-state index in [4.69, 9.17) is 4.74 Å². The minimum atomic E-state index is -0.468. The van der Waals surface area contributed by atoms with Gasteiger partial charge in [-0.25, -0.2) is 4.79 Å². The summed E-state index contributed by atoms with van der Waals surface area (Å²) in [4.78, 5) is 24.4. The lowest BCUT2D eigenvalue weighted by Crippen LogP contribution is -2.16. The molecular weight excluding hydrogens is 322 g/mol. The van der Waals surface area contributed by atoms with Gasteiger partial charge in [0.15, 0.2) is 0 Å². The van der Waals surface area contributed by atoms with Crippen molar-refractivity contribution in [3.8, 4) is 5.69 Å². The first kappa shape index (κ1) is 16.3. The Labute approximate surface area is 143 Å². The van der Waals surface area contributed by atoms with Crippen LogP contribution in [0.25, 0.3) is 5.69 Å². The Bertz CT molecular complexity index is 922. The lowest BCUT2D eigenvalue weighted by atomic mass is 10.1. The van der Waals surface area contributed by atoms with E-state index in [2.05, 4.69) is 20.8 Å². The number of carbonyl (C=O) groups excluding carboxylic acids is 2. The molecule has 0 saturated heterocycles. The van der Waals surface area contributed by atoms with Crippen LogP contribution in [-0.2, 0) is 4.74 Å². The lowest BCUT2D eigenvalue weighted by molar-refractivity contribution is 0.0600. The van der Waals surface area contributed by atoms with Crippen molar-refractivity contribution in [3.63, 3.8) is 0 Å². The van der Waals surface area contributed by atoms with Crippen molar-refractivity contribution >= 4 is 17.6 Å². The van der Waals surface area contributed by atoms with E-state index in [-0.39, 0.29) is 5.91 Å². The van der Waals surface area contributed by atoms with Crippen molar-refractivity contribution in [1.29, 1.82) is 0 Å². The fourth-order valence-corrected chi connectivity index (χ4v) is 2.33. The van der Waals surface area contributed by atoms with Crippen LogP contribution in [0.15, 0.2) is 48.8 Å². The number of esters is 1. The van der Waals surface area contributed by atoms with Crippen molar-refractivity contribution in [2.75, 3.05) is 12.4 Å². The Morgan fingerprint density at radius 2 is 1.96 bits per heavy atom. The van der Waals surface area contributed by atoms with Crippen LogP contribution in [-0.4, -0.2) is 39.2 Å². The Hall–Kier alpha value is -3.55. The highest BCUT2D eigenvalue weighted by Gasteiger charge is 2.15. The number of hydrogen-bond donors (Lipinski definition) is 1. The standard InChI is InChI=1S/C17H15N5O3/c1-11-7-8-12(17(24)25-2)9-14(11)19-16(23)13-5-3-4-6-15(13)22-10-18-20-21-22/h3-10H,1-2H3,(H,19,23). The van der Waals surface area contributed by atoms with Crippen LogP contribution in [0.5, 0.6) is 0 Å². The number of anilines is 1. The summed E-state index contributed by atoms with van der Waals surface area (Å²) in [6.45, 7) is 1.84. The quantitative estimate of drug-likeness (QED) is 0.731. The molecule has 8 nitrogen and oxygen atoms in total. The Kier molecular flexibility index (Phi) is 4.51. The van der Waals surface area contributed by atoms with Crippen LogP contribution in [0.2, 0.25) is 0 Å². The smallest absolute Gasteiger partial charge is 0.337 e. The molecule has 0 fully saturated rings. The van der Waals surface area contributed by atoms with Gasteiger partial charge in [0.2, 0.25) is 0 Å². The summed E-state index contributed by atoms with van der Waals surface area (Å²) in [6, 6.07) is 11.9. The van der Waals surface area contributed by atoms with Crippen LogP contribution >= 0.6 is 0 Å². The predicted octanol–water partition coefficient (Wildman–Crippen LogP) is 2.01. The fourth-order valence-electron chi connectivity index (χ4n) is 2.33. The molecule has 2 aromatic carbocycles. The SMILES string of the molecule is COC(=O)c1ccc(C)c(NC(=O)c2ccccc2-n2cnnn2)c1. The monoisotopic (exact) mass is 337 g/mol. The maximum Gasteiger partial charge on any atom is 0.337 e. The van der Waals surface area contributed by atoms with E-state index in [1.165, 1.54) is 18.1 Å². The third-order valence-corrected chi connectivity index (χ3v) is 3.65. The number of amides is 1. The number of tetrazole rings is 1. The molecule has 0 aliphatic heterocycles. The van der Waals surface area contributed by atoms with Crippen LogP contribution in [0, 0.1) is 6.92 Å². The van der Waals surface area contributed by atoms with Crippen molar-refractivity contribution in [2.45, 2.75) is 6.92 Å². The first-order chi connectivity index (χ1) is 12.1. The van der Waals surface area contributed by atoms with E-state index in [0.29, 0.717) is 22.5 Å². The van der Waals surface area contributed by atoms with Crippen LogP contribution in [0.4, 0.5) is 5.69 Å². The maximum atomic E-state index is 12.7. The van der Waals surface area contributed by atoms with Crippen molar-refractivity contribution in [1.82, 2.24) is 20.2 Å².